The summed E-state index contributed by atoms with van der Waals surface area (Å²) in [7, 11) is 0. The van der Waals surface area contributed by atoms with Crippen molar-refractivity contribution in [3.8, 4) is 0 Å². The first-order valence-corrected chi connectivity index (χ1v) is 6.24. The highest BCUT2D eigenvalue weighted by molar-refractivity contribution is 5.89. The lowest BCUT2D eigenvalue weighted by Gasteiger charge is -2.26. The second kappa shape index (κ2) is 7.39. The number of rotatable bonds is 7. The van der Waals surface area contributed by atoms with E-state index in [0.29, 0.717) is 0 Å². The van der Waals surface area contributed by atoms with Crippen LogP contribution in [0.3, 0.4) is 0 Å². The number of carbonyl (C=O) groups is 2. The molecule has 0 spiro atoms. The van der Waals surface area contributed by atoms with Crippen LogP contribution in [0.25, 0.3) is 0 Å². The third-order valence-corrected chi connectivity index (χ3v) is 3.36. The summed E-state index contributed by atoms with van der Waals surface area (Å²) in [5.74, 6) is -3.24. The van der Waals surface area contributed by atoms with Crippen LogP contribution in [0.15, 0.2) is 0 Å². The molecule has 1 saturated heterocycles. The first-order chi connectivity index (χ1) is 10.1. The number of Topliss-reactive ketones (excluding diaryl/α,β-unsaturated/α-hetero) is 1. The number of carbonyl (C=O) groups excluding carboxylic acids is 1. The second-order valence-corrected chi connectivity index (χ2v) is 4.87. The predicted molar refractivity (Wildman–Crippen MR) is 64.4 cm³/mol. The topological polar surface area (TPSA) is 205 Å². The van der Waals surface area contributed by atoms with E-state index in [1.54, 1.807) is 0 Å². The SMILES string of the molecule is O=C(O)[C@@H](O)[C@@H](O)[C@H](O)[C@@H](O)C(=O)C1O[C@H](CO)[C@@H](O)[C@@H]1O. The summed E-state index contributed by atoms with van der Waals surface area (Å²) in [6.45, 7) is -0.721. The quantitative estimate of drug-likeness (QED) is 0.221. The zero-order chi connectivity index (χ0) is 17.2. The number of hydrogen-bond acceptors (Lipinski definition) is 10. The van der Waals surface area contributed by atoms with Crippen LogP contribution in [0.5, 0.6) is 0 Å². The van der Waals surface area contributed by atoms with Gasteiger partial charge in [-0.25, -0.2) is 4.79 Å². The molecule has 128 valence electrons. The van der Waals surface area contributed by atoms with E-state index in [-0.39, 0.29) is 0 Å². The Hall–Kier alpha value is -1.18. The molecule has 1 fully saturated rings. The van der Waals surface area contributed by atoms with Gasteiger partial charge in [-0.3, -0.25) is 4.79 Å². The molecule has 22 heavy (non-hydrogen) atoms. The minimum absolute atomic E-state index is 0.721. The Morgan fingerprint density at radius 2 is 1.45 bits per heavy atom. The molecule has 8 N–H and O–H groups in total. The summed E-state index contributed by atoms with van der Waals surface area (Å²) in [5.41, 5.74) is 0. The molecule has 0 radical (unpaired) electrons. The van der Waals surface area contributed by atoms with Crippen molar-refractivity contribution in [1.29, 1.82) is 0 Å². The molecule has 0 aliphatic carbocycles. The summed E-state index contributed by atoms with van der Waals surface area (Å²) in [4.78, 5) is 22.3. The van der Waals surface area contributed by atoms with Gasteiger partial charge in [0.2, 0.25) is 0 Å². The predicted octanol–water partition coefficient (Wildman–Crippen LogP) is -5.43. The van der Waals surface area contributed by atoms with Crippen LogP contribution in [-0.2, 0) is 14.3 Å². The number of aliphatic hydroxyl groups excluding tert-OH is 7. The highest BCUT2D eigenvalue weighted by atomic mass is 16.6. The molecule has 0 aromatic carbocycles. The van der Waals surface area contributed by atoms with Crippen molar-refractivity contribution < 1.29 is 55.2 Å². The fraction of sp³-hybridized carbons (Fsp3) is 0.818. The fourth-order valence-corrected chi connectivity index (χ4v) is 1.99. The van der Waals surface area contributed by atoms with Crippen molar-refractivity contribution in [3.63, 3.8) is 0 Å². The summed E-state index contributed by atoms with van der Waals surface area (Å²) < 4.78 is 4.82. The van der Waals surface area contributed by atoms with Gasteiger partial charge in [-0.1, -0.05) is 0 Å². The highest BCUT2D eigenvalue weighted by Gasteiger charge is 2.49. The molecule has 0 aromatic rings. The van der Waals surface area contributed by atoms with E-state index in [0.717, 1.165) is 0 Å². The maximum atomic E-state index is 11.9. The first-order valence-electron chi connectivity index (χ1n) is 6.24. The van der Waals surface area contributed by atoms with Crippen LogP contribution in [0.4, 0.5) is 0 Å². The molecule has 1 aliphatic heterocycles. The molecule has 1 aliphatic rings. The van der Waals surface area contributed by atoms with Crippen molar-refractivity contribution in [2.75, 3.05) is 6.61 Å². The fourth-order valence-electron chi connectivity index (χ4n) is 1.99. The van der Waals surface area contributed by atoms with Gasteiger partial charge in [0.15, 0.2) is 11.9 Å². The number of aliphatic hydroxyl groups is 7. The molecule has 1 heterocycles. The van der Waals surface area contributed by atoms with Gasteiger partial charge in [-0.15, -0.1) is 0 Å². The van der Waals surface area contributed by atoms with Gasteiger partial charge < -0.3 is 45.6 Å². The third-order valence-electron chi connectivity index (χ3n) is 3.36. The molecule has 11 heteroatoms. The number of carboxylic acids is 1. The molecular formula is C11H18O11. The molecule has 1 rings (SSSR count). The summed E-state index contributed by atoms with van der Waals surface area (Å²) >= 11 is 0. The minimum atomic E-state index is -2.46. The Balaban J connectivity index is 2.78. The lowest BCUT2D eigenvalue weighted by atomic mass is 9.95. The maximum absolute atomic E-state index is 11.9. The van der Waals surface area contributed by atoms with E-state index in [4.69, 9.17) is 20.1 Å². The molecule has 11 nitrogen and oxygen atoms in total. The summed E-state index contributed by atoms with van der Waals surface area (Å²) in [6, 6.07) is 0. The molecule has 1 unspecified atom stereocenters. The van der Waals surface area contributed by atoms with E-state index in [1.165, 1.54) is 0 Å². The monoisotopic (exact) mass is 326 g/mol. The zero-order valence-corrected chi connectivity index (χ0v) is 11.1. The largest absolute Gasteiger partial charge is 0.479 e. The molecule has 0 saturated carbocycles. The Kier molecular flexibility index (Phi) is 6.34. The Morgan fingerprint density at radius 3 is 1.86 bits per heavy atom. The number of hydrogen-bond donors (Lipinski definition) is 8. The average Bonchev–Trinajstić information content (AvgIpc) is 2.78. The van der Waals surface area contributed by atoms with E-state index < -0.39 is 67.2 Å². The average molecular weight is 326 g/mol. The van der Waals surface area contributed by atoms with Gasteiger partial charge in [0.1, 0.15) is 42.7 Å². The van der Waals surface area contributed by atoms with E-state index in [2.05, 4.69) is 0 Å². The van der Waals surface area contributed by atoms with Crippen molar-refractivity contribution in [3.05, 3.63) is 0 Å². The number of carboxylic acid groups (broad SMARTS) is 1. The van der Waals surface area contributed by atoms with Gasteiger partial charge in [0, 0.05) is 0 Å². The van der Waals surface area contributed by atoms with Crippen LogP contribution in [0.2, 0.25) is 0 Å². The highest BCUT2D eigenvalue weighted by Crippen LogP contribution is 2.23. The molecular weight excluding hydrogens is 308 g/mol. The standard InChI is InChI=1S/C11H18O11/c12-1-2-3(13)7(17)10(22-2)8(18)5(15)4(14)6(16)9(19)11(20)21/h2-7,9-10,12-17,19H,1H2,(H,20,21)/t2-,3-,4-,5-,6+,7+,9+,10?/m1/s1. The van der Waals surface area contributed by atoms with E-state index in [1.807, 2.05) is 0 Å². The van der Waals surface area contributed by atoms with Crippen molar-refractivity contribution >= 4 is 11.8 Å². The van der Waals surface area contributed by atoms with Gasteiger partial charge in [-0.2, -0.15) is 0 Å². The van der Waals surface area contributed by atoms with Crippen molar-refractivity contribution in [2.24, 2.45) is 0 Å². The lowest BCUT2D eigenvalue weighted by molar-refractivity contribution is -0.170. The number of ether oxygens (including phenoxy) is 1. The zero-order valence-electron chi connectivity index (χ0n) is 11.1. The Bertz CT molecular complexity index is 413. The van der Waals surface area contributed by atoms with Crippen LogP contribution >= 0.6 is 0 Å². The van der Waals surface area contributed by atoms with Crippen molar-refractivity contribution in [2.45, 2.75) is 48.8 Å². The third kappa shape index (κ3) is 3.59. The van der Waals surface area contributed by atoms with Gasteiger partial charge >= 0.3 is 5.97 Å². The van der Waals surface area contributed by atoms with Crippen LogP contribution in [-0.4, -0.2) is 108 Å². The second-order valence-electron chi connectivity index (χ2n) is 4.87. The van der Waals surface area contributed by atoms with Crippen molar-refractivity contribution in [1.82, 2.24) is 0 Å². The molecule has 8 atom stereocenters. The van der Waals surface area contributed by atoms with Crippen LogP contribution < -0.4 is 0 Å². The van der Waals surface area contributed by atoms with Crippen LogP contribution in [0.1, 0.15) is 0 Å². The Morgan fingerprint density at radius 1 is 0.955 bits per heavy atom. The molecule has 0 aromatic heterocycles. The molecule has 0 bridgehead atoms. The number of ketones is 1. The summed E-state index contributed by atoms with van der Waals surface area (Å²) in [5, 5.41) is 73.9. The molecule has 0 amide bonds. The maximum Gasteiger partial charge on any atom is 0.335 e. The smallest absolute Gasteiger partial charge is 0.335 e. The van der Waals surface area contributed by atoms with Crippen LogP contribution in [0, 0.1) is 0 Å². The van der Waals surface area contributed by atoms with E-state index in [9.17, 15) is 35.1 Å². The minimum Gasteiger partial charge on any atom is -0.479 e. The Labute approximate surface area is 123 Å². The normalized spacial score (nSPS) is 34.0. The first kappa shape index (κ1) is 18.9. The summed E-state index contributed by atoms with van der Waals surface area (Å²) in [6.07, 6.45) is -16.1. The van der Waals surface area contributed by atoms with Gasteiger partial charge in [0.25, 0.3) is 0 Å². The van der Waals surface area contributed by atoms with E-state index >= 15 is 0 Å². The van der Waals surface area contributed by atoms with Gasteiger partial charge in [0.05, 0.1) is 6.61 Å². The van der Waals surface area contributed by atoms with Gasteiger partial charge in [-0.05, 0) is 0 Å². The number of aliphatic carboxylic acids is 1. The lowest BCUT2D eigenvalue weighted by Crippen LogP contribution is -2.53.